The van der Waals surface area contributed by atoms with E-state index in [1.54, 1.807) is 0 Å². The Hall–Kier alpha value is -0.940. The molecule has 0 bridgehead atoms. The van der Waals surface area contributed by atoms with E-state index in [0.717, 1.165) is 12.1 Å². The van der Waals surface area contributed by atoms with Crippen molar-refractivity contribution in [2.45, 2.75) is 6.18 Å². The van der Waals surface area contributed by atoms with Crippen molar-refractivity contribution in [3.63, 3.8) is 0 Å². The fourth-order valence-electron chi connectivity index (χ4n) is 1.06. The summed E-state index contributed by atoms with van der Waals surface area (Å²) in [6.45, 7) is 0.0193. The molecule has 0 spiro atoms. The largest absolute Gasteiger partial charge is 0.416 e. The highest BCUT2D eigenvalue weighted by Crippen LogP contribution is 2.33. The van der Waals surface area contributed by atoms with Crippen LogP contribution in [0.25, 0.3) is 0 Å². The maximum absolute atomic E-state index is 12.3. The zero-order valence-corrected chi connectivity index (χ0v) is 8.36. The standard InChI is InChI=1S/C9H9ClF3NO/c10-7-3-6(9(11,12)13)4-8(5-7)14-1-2-15/h3-5,14-15H,1-2H2. The van der Waals surface area contributed by atoms with Crippen molar-refractivity contribution >= 4 is 17.3 Å². The molecule has 0 atom stereocenters. The topological polar surface area (TPSA) is 32.3 Å². The molecule has 2 nitrogen and oxygen atoms in total. The molecule has 1 rings (SSSR count). The molecule has 0 aromatic heterocycles. The fraction of sp³-hybridized carbons (Fsp3) is 0.333. The second-order valence-electron chi connectivity index (χ2n) is 2.88. The third kappa shape index (κ3) is 3.60. The van der Waals surface area contributed by atoms with E-state index in [4.69, 9.17) is 16.7 Å². The van der Waals surface area contributed by atoms with Crippen LogP contribution in [0.5, 0.6) is 0 Å². The number of hydrogen-bond donors (Lipinski definition) is 2. The van der Waals surface area contributed by atoms with Gasteiger partial charge in [-0.15, -0.1) is 0 Å². The Morgan fingerprint density at radius 3 is 2.47 bits per heavy atom. The van der Waals surface area contributed by atoms with Crippen molar-refractivity contribution in [3.05, 3.63) is 28.8 Å². The highest BCUT2D eigenvalue weighted by atomic mass is 35.5. The Morgan fingerprint density at radius 2 is 1.93 bits per heavy atom. The average molecular weight is 240 g/mol. The summed E-state index contributed by atoms with van der Waals surface area (Å²) >= 11 is 5.53. The molecule has 2 N–H and O–H groups in total. The van der Waals surface area contributed by atoms with Crippen LogP contribution in [-0.2, 0) is 6.18 Å². The van der Waals surface area contributed by atoms with Gasteiger partial charge in [0.25, 0.3) is 0 Å². The first-order chi connectivity index (χ1) is 6.93. The van der Waals surface area contributed by atoms with E-state index < -0.39 is 11.7 Å². The second-order valence-corrected chi connectivity index (χ2v) is 3.31. The van der Waals surface area contributed by atoms with Gasteiger partial charge in [-0.05, 0) is 18.2 Å². The summed E-state index contributed by atoms with van der Waals surface area (Å²) in [4.78, 5) is 0. The summed E-state index contributed by atoms with van der Waals surface area (Å²) in [6, 6.07) is 3.17. The quantitative estimate of drug-likeness (QED) is 0.850. The Bertz CT molecular complexity index is 341. The molecule has 0 heterocycles. The lowest BCUT2D eigenvalue weighted by molar-refractivity contribution is -0.137. The summed E-state index contributed by atoms with van der Waals surface area (Å²) in [5.74, 6) is 0. The molecule has 0 amide bonds. The number of nitrogens with one attached hydrogen (secondary N) is 1. The molecule has 1 aromatic rings. The average Bonchev–Trinajstić information content (AvgIpc) is 2.12. The zero-order valence-electron chi connectivity index (χ0n) is 7.61. The van der Waals surface area contributed by atoms with E-state index in [0.29, 0.717) is 0 Å². The number of alkyl halides is 3. The van der Waals surface area contributed by atoms with Gasteiger partial charge in [0.15, 0.2) is 0 Å². The predicted octanol–water partition coefficient (Wildman–Crippen LogP) is 2.76. The van der Waals surface area contributed by atoms with E-state index in [-0.39, 0.29) is 23.9 Å². The minimum absolute atomic E-state index is 0.00487. The van der Waals surface area contributed by atoms with Crippen molar-refractivity contribution in [2.24, 2.45) is 0 Å². The molecule has 0 saturated carbocycles. The Morgan fingerprint density at radius 1 is 1.27 bits per heavy atom. The summed E-state index contributed by atoms with van der Waals surface area (Å²) in [5.41, 5.74) is -0.570. The first-order valence-corrected chi connectivity index (χ1v) is 4.54. The Balaban J connectivity index is 2.95. The van der Waals surface area contributed by atoms with Crippen LogP contribution in [-0.4, -0.2) is 18.3 Å². The van der Waals surface area contributed by atoms with Gasteiger partial charge in [0.1, 0.15) is 0 Å². The van der Waals surface area contributed by atoms with Crippen LogP contribution in [0.3, 0.4) is 0 Å². The molecule has 0 fully saturated rings. The van der Waals surface area contributed by atoms with Crippen LogP contribution >= 0.6 is 11.6 Å². The fourth-order valence-corrected chi connectivity index (χ4v) is 1.29. The molecule has 1 aromatic carbocycles. The number of benzene rings is 1. The predicted molar refractivity (Wildman–Crippen MR) is 52.0 cm³/mol. The Labute approximate surface area is 89.7 Å². The molecule has 0 unspecified atom stereocenters. The van der Waals surface area contributed by atoms with Gasteiger partial charge in [-0.25, -0.2) is 0 Å². The maximum atomic E-state index is 12.3. The van der Waals surface area contributed by atoms with Crippen LogP contribution < -0.4 is 5.32 Å². The molecule has 0 saturated heterocycles. The number of aliphatic hydroxyl groups excluding tert-OH is 1. The lowest BCUT2D eigenvalue weighted by Crippen LogP contribution is -2.09. The highest BCUT2D eigenvalue weighted by Gasteiger charge is 2.31. The van der Waals surface area contributed by atoms with Gasteiger partial charge in [0.2, 0.25) is 0 Å². The van der Waals surface area contributed by atoms with Gasteiger partial charge < -0.3 is 10.4 Å². The van der Waals surface area contributed by atoms with Gasteiger partial charge in [0.05, 0.1) is 12.2 Å². The van der Waals surface area contributed by atoms with E-state index in [9.17, 15) is 13.2 Å². The summed E-state index contributed by atoms with van der Waals surface area (Å²) in [5, 5.41) is 11.1. The van der Waals surface area contributed by atoms with Crippen LogP contribution in [0.1, 0.15) is 5.56 Å². The molecule has 15 heavy (non-hydrogen) atoms. The smallest absolute Gasteiger partial charge is 0.395 e. The number of rotatable bonds is 3. The molecule has 0 radical (unpaired) electrons. The lowest BCUT2D eigenvalue weighted by Gasteiger charge is -2.10. The van der Waals surface area contributed by atoms with Gasteiger partial charge in [-0.1, -0.05) is 11.6 Å². The minimum Gasteiger partial charge on any atom is -0.395 e. The van der Waals surface area contributed by atoms with Crippen LogP contribution in [0.2, 0.25) is 5.02 Å². The van der Waals surface area contributed by atoms with Crippen LogP contribution in [0.15, 0.2) is 18.2 Å². The van der Waals surface area contributed by atoms with Gasteiger partial charge in [0, 0.05) is 17.3 Å². The maximum Gasteiger partial charge on any atom is 0.416 e. The molecule has 84 valence electrons. The lowest BCUT2D eigenvalue weighted by atomic mass is 10.2. The second kappa shape index (κ2) is 4.72. The number of aliphatic hydroxyl groups is 1. The first kappa shape index (κ1) is 12.1. The van der Waals surface area contributed by atoms with Crippen LogP contribution in [0, 0.1) is 0 Å². The summed E-state index contributed by atoms with van der Waals surface area (Å²) in [6.07, 6.45) is -4.42. The zero-order chi connectivity index (χ0) is 11.5. The third-order valence-electron chi connectivity index (χ3n) is 1.67. The van der Waals surface area contributed by atoms with E-state index in [1.807, 2.05) is 0 Å². The monoisotopic (exact) mass is 239 g/mol. The third-order valence-corrected chi connectivity index (χ3v) is 1.88. The van der Waals surface area contributed by atoms with Gasteiger partial charge in [-0.3, -0.25) is 0 Å². The van der Waals surface area contributed by atoms with E-state index >= 15 is 0 Å². The van der Waals surface area contributed by atoms with E-state index in [2.05, 4.69) is 5.32 Å². The van der Waals surface area contributed by atoms with Crippen LogP contribution in [0.4, 0.5) is 18.9 Å². The number of hydrogen-bond acceptors (Lipinski definition) is 2. The normalized spacial score (nSPS) is 11.5. The van der Waals surface area contributed by atoms with Crippen molar-refractivity contribution in [1.82, 2.24) is 0 Å². The van der Waals surface area contributed by atoms with E-state index in [1.165, 1.54) is 6.07 Å². The SMILES string of the molecule is OCCNc1cc(Cl)cc(C(F)(F)F)c1. The minimum atomic E-state index is -4.42. The molecule has 0 aliphatic heterocycles. The van der Waals surface area contributed by atoms with Crippen molar-refractivity contribution in [2.75, 3.05) is 18.5 Å². The molecule has 6 heteroatoms. The molecular weight excluding hydrogens is 231 g/mol. The van der Waals surface area contributed by atoms with Crippen molar-refractivity contribution in [3.8, 4) is 0 Å². The number of anilines is 1. The Kier molecular flexibility index (Phi) is 3.82. The van der Waals surface area contributed by atoms with Gasteiger partial charge >= 0.3 is 6.18 Å². The first-order valence-electron chi connectivity index (χ1n) is 4.16. The van der Waals surface area contributed by atoms with Gasteiger partial charge in [-0.2, -0.15) is 13.2 Å². The number of halogens is 4. The summed E-state index contributed by atoms with van der Waals surface area (Å²) in [7, 11) is 0. The molecule has 0 aliphatic rings. The highest BCUT2D eigenvalue weighted by molar-refractivity contribution is 6.30. The van der Waals surface area contributed by atoms with Crippen molar-refractivity contribution < 1.29 is 18.3 Å². The molecule has 0 aliphatic carbocycles. The summed E-state index contributed by atoms with van der Waals surface area (Å²) < 4.78 is 37.0. The van der Waals surface area contributed by atoms with Crippen molar-refractivity contribution in [1.29, 1.82) is 0 Å². The molecular formula is C9H9ClF3NO.